The van der Waals surface area contributed by atoms with E-state index < -0.39 is 0 Å². The second kappa shape index (κ2) is 8.83. The number of carbonyl (C=O) groups excluding carboxylic acids is 2. The Labute approximate surface area is 190 Å². The zero-order chi connectivity index (χ0) is 21.3. The van der Waals surface area contributed by atoms with Gasteiger partial charge in [-0.05, 0) is 45.8 Å². The number of nitrogens with zero attached hydrogens (tertiary/aromatic N) is 4. The number of rotatable bonds is 5. The summed E-state index contributed by atoms with van der Waals surface area (Å²) in [6.07, 6.45) is 1.42. The molecule has 0 spiro atoms. The molecule has 1 amide bonds. The van der Waals surface area contributed by atoms with Crippen molar-refractivity contribution in [2.75, 3.05) is 14.1 Å². The number of ketones is 1. The molecule has 0 unspecified atom stereocenters. The molecule has 10 heteroatoms. The molecule has 2 aromatic heterocycles. The van der Waals surface area contributed by atoms with Crippen LogP contribution in [0, 0.1) is 0 Å². The molecule has 3 rings (SSSR count). The molecule has 0 saturated carbocycles. The molecule has 6 nitrogen and oxygen atoms in total. The Morgan fingerprint density at radius 1 is 1.14 bits per heavy atom. The quantitative estimate of drug-likeness (QED) is 0.442. The number of amides is 1. The maximum absolute atomic E-state index is 13.1. The van der Waals surface area contributed by atoms with Gasteiger partial charge in [-0.1, -0.05) is 34.8 Å². The zero-order valence-corrected chi connectivity index (χ0v) is 19.1. The molecule has 0 N–H and O–H groups in total. The SMILES string of the molecule is CN(C)C(=O)c1cc(Cl)cc(Cl)c1CC(=O)c1cc(Br)nn1-c1ncccc1Cl. The van der Waals surface area contributed by atoms with Crippen LogP contribution in [0.4, 0.5) is 0 Å². The van der Waals surface area contributed by atoms with Gasteiger partial charge in [0.05, 0.1) is 5.02 Å². The van der Waals surface area contributed by atoms with Gasteiger partial charge < -0.3 is 4.90 Å². The van der Waals surface area contributed by atoms with E-state index in [1.54, 1.807) is 38.5 Å². The lowest BCUT2D eigenvalue weighted by Gasteiger charge is -2.16. The van der Waals surface area contributed by atoms with Crippen LogP contribution in [0.5, 0.6) is 0 Å². The fourth-order valence-corrected chi connectivity index (χ4v) is 3.85. The summed E-state index contributed by atoms with van der Waals surface area (Å²) in [6, 6.07) is 7.89. The van der Waals surface area contributed by atoms with Crippen LogP contribution < -0.4 is 0 Å². The van der Waals surface area contributed by atoms with Crippen LogP contribution in [0.15, 0.2) is 41.1 Å². The van der Waals surface area contributed by atoms with Crippen LogP contribution in [-0.2, 0) is 6.42 Å². The highest BCUT2D eigenvalue weighted by Crippen LogP contribution is 2.29. The molecule has 0 aliphatic rings. The summed E-state index contributed by atoms with van der Waals surface area (Å²) >= 11 is 21.9. The molecule has 0 fully saturated rings. The first-order chi connectivity index (χ1) is 13.7. The first-order valence-electron chi connectivity index (χ1n) is 8.28. The summed E-state index contributed by atoms with van der Waals surface area (Å²) in [5, 5.41) is 5.14. The van der Waals surface area contributed by atoms with E-state index in [4.69, 9.17) is 34.8 Å². The van der Waals surface area contributed by atoms with E-state index >= 15 is 0 Å². The van der Waals surface area contributed by atoms with E-state index in [2.05, 4.69) is 26.0 Å². The van der Waals surface area contributed by atoms with Crippen LogP contribution in [0.25, 0.3) is 5.82 Å². The van der Waals surface area contributed by atoms with Crippen LogP contribution >= 0.6 is 50.7 Å². The third-order valence-electron chi connectivity index (χ3n) is 4.04. The normalized spacial score (nSPS) is 10.8. The minimum absolute atomic E-state index is 0.131. The fraction of sp³-hybridized carbons (Fsp3) is 0.158. The van der Waals surface area contributed by atoms with Gasteiger partial charge in [-0.25, -0.2) is 9.67 Å². The predicted molar refractivity (Wildman–Crippen MR) is 117 cm³/mol. The lowest BCUT2D eigenvalue weighted by Crippen LogP contribution is -2.24. The Morgan fingerprint density at radius 3 is 2.52 bits per heavy atom. The number of hydrogen-bond donors (Lipinski definition) is 0. The summed E-state index contributed by atoms with van der Waals surface area (Å²) in [4.78, 5) is 31.3. The summed E-state index contributed by atoms with van der Waals surface area (Å²) in [5.74, 6) is -0.309. The first-order valence-corrected chi connectivity index (χ1v) is 10.2. The summed E-state index contributed by atoms with van der Waals surface area (Å²) in [6.45, 7) is 0. The lowest BCUT2D eigenvalue weighted by atomic mass is 10.00. The van der Waals surface area contributed by atoms with E-state index in [9.17, 15) is 9.59 Å². The molecular weight excluding hydrogens is 502 g/mol. The van der Waals surface area contributed by atoms with E-state index in [-0.39, 0.29) is 34.4 Å². The number of pyridine rings is 1. The van der Waals surface area contributed by atoms with Crippen molar-refractivity contribution in [3.63, 3.8) is 0 Å². The number of aromatic nitrogens is 3. The van der Waals surface area contributed by atoms with Gasteiger partial charge in [0.2, 0.25) is 0 Å². The van der Waals surface area contributed by atoms with Gasteiger partial charge >= 0.3 is 0 Å². The lowest BCUT2D eigenvalue weighted by molar-refractivity contribution is 0.0826. The molecule has 3 aromatic rings. The van der Waals surface area contributed by atoms with Crippen LogP contribution in [-0.4, -0.2) is 45.5 Å². The van der Waals surface area contributed by atoms with Crippen LogP contribution in [0.3, 0.4) is 0 Å². The van der Waals surface area contributed by atoms with Gasteiger partial charge in [-0.15, -0.1) is 0 Å². The molecule has 150 valence electrons. The molecule has 0 aliphatic carbocycles. The number of hydrogen-bond acceptors (Lipinski definition) is 4. The maximum atomic E-state index is 13.1. The van der Waals surface area contributed by atoms with Crippen molar-refractivity contribution >= 4 is 62.4 Å². The van der Waals surface area contributed by atoms with Crippen molar-refractivity contribution < 1.29 is 9.59 Å². The third kappa shape index (κ3) is 4.64. The van der Waals surface area contributed by atoms with Gasteiger partial charge in [0.1, 0.15) is 10.3 Å². The van der Waals surface area contributed by atoms with E-state index in [1.165, 1.54) is 21.7 Å². The van der Waals surface area contributed by atoms with Crippen molar-refractivity contribution in [3.05, 3.63) is 73.0 Å². The Bertz CT molecular complexity index is 1110. The van der Waals surface area contributed by atoms with E-state index in [0.29, 0.717) is 26.0 Å². The van der Waals surface area contributed by atoms with Crippen molar-refractivity contribution in [3.8, 4) is 5.82 Å². The highest BCUT2D eigenvalue weighted by Gasteiger charge is 2.24. The molecule has 0 atom stereocenters. The maximum Gasteiger partial charge on any atom is 0.253 e. The molecule has 0 bridgehead atoms. The molecule has 1 aromatic carbocycles. The minimum Gasteiger partial charge on any atom is -0.345 e. The van der Waals surface area contributed by atoms with Crippen molar-refractivity contribution in [1.82, 2.24) is 19.7 Å². The monoisotopic (exact) mass is 514 g/mol. The van der Waals surface area contributed by atoms with Gasteiger partial charge in [-0.3, -0.25) is 9.59 Å². The second-order valence-corrected chi connectivity index (χ2v) is 8.35. The molecule has 0 aliphatic heterocycles. The summed E-state index contributed by atoms with van der Waals surface area (Å²) in [7, 11) is 3.22. The van der Waals surface area contributed by atoms with Gasteiger partial charge in [-0.2, -0.15) is 5.10 Å². The van der Waals surface area contributed by atoms with Crippen LogP contribution in [0.2, 0.25) is 15.1 Å². The first kappa shape index (κ1) is 21.8. The van der Waals surface area contributed by atoms with Gasteiger partial charge in [0, 0.05) is 48.4 Å². The molecule has 0 saturated heterocycles. The van der Waals surface area contributed by atoms with Crippen molar-refractivity contribution in [1.29, 1.82) is 0 Å². The zero-order valence-electron chi connectivity index (χ0n) is 15.3. The Hall–Kier alpha value is -1.93. The Morgan fingerprint density at radius 2 is 1.86 bits per heavy atom. The summed E-state index contributed by atoms with van der Waals surface area (Å²) < 4.78 is 1.79. The summed E-state index contributed by atoms with van der Waals surface area (Å²) in [5.41, 5.74) is 0.893. The number of Topliss-reactive ketones (excluding diaryl/α,β-unsaturated/α-hetero) is 1. The number of benzene rings is 1. The third-order valence-corrected chi connectivity index (χ3v) is 5.28. The highest BCUT2D eigenvalue weighted by atomic mass is 79.9. The largest absolute Gasteiger partial charge is 0.345 e. The van der Waals surface area contributed by atoms with Crippen molar-refractivity contribution in [2.24, 2.45) is 0 Å². The average molecular weight is 517 g/mol. The van der Waals surface area contributed by atoms with Crippen LogP contribution in [0.1, 0.15) is 26.4 Å². The second-order valence-electron chi connectivity index (χ2n) is 6.29. The van der Waals surface area contributed by atoms with E-state index in [1.807, 2.05) is 0 Å². The number of carbonyl (C=O) groups is 2. The topological polar surface area (TPSA) is 68.1 Å². The van der Waals surface area contributed by atoms with Crippen molar-refractivity contribution in [2.45, 2.75) is 6.42 Å². The molecule has 2 heterocycles. The average Bonchev–Trinajstić information content (AvgIpc) is 3.05. The molecule has 0 radical (unpaired) electrons. The molecular formula is C19H14BrCl3N4O2. The molecule has 29 heavy (non-hydrogen) atoms. The Balaban J connectivity index is 2.05. The fourth-order valence-electron chi connectivity index (χ4n) is 2.71. The Kier molecular flexibility index (Phi) is 6.63. The van der Waals surface area contributed by atoms with Gasteiger partial charge in [0.25, 0.3) is 5.91 Å². The minimum atomic E-state index is -0.318. The predicted octanol–water partition coefficient (Wildman–Crippen LogP) is 5.12. The number of halogens is 4. The van der Waals surface area contributed by atoms with E-state index in [0.717, 1.165) is 0 Å². The highest BCUT2D eigenvalue weighted by molar-refractivity contribution is 9.10. The standard InChI is InChI=1S/C19H14BrCl3N4O2/c1-26(2)19(29)12-6-10(21)7-14(23)11(12)8-16(28)15-9-17(20)25-27(15)18-13(22)4-3-5-24-18/h3-7,9H,8H2,1-2H3. The van der Waals surface area contributed by atoms with Gasteiger partial charge in [0.15, 0.2) is 11.6 Å². The smallest absolute Gasteiger partial charge is 0.253 e.